The Morgan fingerprint density at radius 2 is 2.04 bits per heavy atom. The molecule has 0 radical (unpaired) electrons. The molecule has 3 heterocycles. The minimum absolute atomic E-state index is 0.121. The number of fused-ring (bicyclic) bond motifs is 1. The quantitative estimate of drug-likeness (QED) is 0.740. The van der Waals surface area contributed by atoms with Gasteiger partial charge in [0.1, 0.15) is 11.5 Å². The van der Waals surface area contributed by atoms with E-state index in [0.717, 1.165) is 0 Å². The summed E-state index contributed by atoms with van der Waals surface area (Å²) >= 11 is 6.18. The average molecular weight is 384 g/mol. The Morgan fingerprint density at radius 1 is 1.19 bits per heavy atom. The van der Waals surface area contributed by atoms with Gasteiger partial charge in [-0.1, -0.05) is 17.7 Å². The van der Waals surface area contributed by atoms with Crippen LogP contribution in [-0.2, 0) is 0 Å². The maximum absolute atomic E-state index is 12.6. The summed E-state index contributed by atoms with van der Waals surface area (Å²) in [6, 6.07) is 8.47. The molecular formula is C18H14ClN5O3. The lowest BCUT2D eigenvalue weighted by molar-refractivity contribution is 0.0678. The highest BCUT2D eigenvalue weighted by Gasteiger charge is 2.25. The number of aromatic nitrogens is 4. The molecule has 1 aliphatic rings. The number of carbonyl (C=O) groups is 1. The van der Waals surface area contributed by atoms with Gasteiger partial charge in [-0.05, 0) is 31.2 Å². The average Bonchev–Trinajstić information content (AvgIpc) is 3.03. The third-order valence-electron chi connectivity index (χ3n) is 3.72. The lowest BCUT2D eigenvalue weighted by Gasteiger charge is -2.08. The van der Waals surface area contributed by atoms with Gasteiger partial charge in [0.25, 0.3) is 5.91 Å². The zero-order valence-corrected chi connectivity index (χ0v) is 15.2. The van der Waals surface area contributed by atoms with Crippen molar-refractivity contribution in [1.29, 1.82) is 0 Å². The van der Waals surface area contributed by atoms with Gasteiger partial charge in [0.2, 0.25) is 12.2 Å². The summed E-state index contributed by atoms with van der Waals surface area (Å²) < 4.78 is 10.9. The van der Waals surface area contributed by atoms with Crippen LogP contribution < -0.4 is 14.8 Å². The van der Waals surface area contributed by atoms with Gasteiger partial charge in [-0.2, -0.15) is 9.97 Å². The number of hydrogen-bond donors (Lipinski definition) is 1. The predicted octanol–water partition coefficient (Wildman–Crippen LogP) is 3.26. The van der Waals surface area contributed by atoms with Crippen molar-refractivity contribution in [3.05, 3.63) is 52.9 Å². The minimum Gasteiger partial charge on any atom is -0.451 e. The van der Waals surface area contributed by atoms with Crippen LogP contribution in [0.25, 0.3) is 11.5 Å². The van der Waals surface area contributed by atoms with Crippen LogP contribution >= 0.6 is 11.6 Å². The fraction of sp³-hybridized carbons (Fsp3) is 0.167. The van der Waals surface area contributed by atoms with Crippen LogP contribution in [0.1, 0.15) is 23.1 Å². The van der Waals surface area contributed by atoms with Gasteiger partial charge >= 0.3 is 0 Å². The van der Waals surface area contributed by atoms with Crippen molar-refractivity contribution in [2.24, 2.45) is 0 Å². The summed E-state index contributed by atoms with van der Waals surface area (Å²) in [5, 5.41) is 2.95. The number of aryl methyl sites for hydroxylation is 1. The highest BCUT2D eigenvalue weighted by Crippen LogP contribution is 2.41. The Kier molecular flexibility index (Phi) is 4.33. The second-order valence-electron chi connectivity index (χ2n) is 5.79. The molecule has 1 atom stereocenters. The summed E-state index contributed by atoms with van der Waals surface area (Å²) in [5.41, 5.74) is 0.882. The number of pyridine rings is 1. The van der Waals surface area contributed by atoms with E-state index < -0.39 is 12.2 Å². The van der Waals surface area contributed by atoms with E-state index in [2.05, 4.69) is 25.3 Å². The van der Waals surface area contributed by atoms with Crippen molar-refractivity contribution in [1.82, 2.24) is 19.9 Å². The molecule has 1 unspecified atom stereocenters. The van der Waals surface area contributed by atoms with Crippen molar-refractivity contribution in [3.63, 3.8) is 0 Å². The van der Waals surface area contributed by atoms with Crippen LogP contribution in [0, 0.1) is 6.92 Å². The standard InChI is InChI=1S/C18H14ClN5O3/c1-9-21-16(13-5-3-4-6-20-13)23-18(22-9)24-17(25)11-7-12(19)15-14(8-11)26-10(2)27-15/h3-8,10H,1-2H3,(H,21,22,23,24,25). The molecule has 136 valence electrons. The predicted molar refractivity (Wildman–Crippen MR) is 97.9 cm³/mol. The fourth-order valence-electron chi connectivity index (χ4n) is 2.59. The first-order valence-electron chi connectivity index (χ1n) is 8.12. The smallest absolute Gasteiger partial charge is 0.258 e. The van der Waals surface area contributed by atoms with E-state index in [1.165, 1.54) is 6.07 Å². The molecule has 8 nitrogen and oxygen atoms in total. The summed E-state index contributed by atoms with van der Waals surface area (Å²) in [6.07, 6.45) is 1.19. The molecule has 4 rings (SSSR count). The molecule has 0 saturated heterocycles. The molecule has 0 spiro atoms. The Balaban J connectivity index is 1.62. The first kappa shape index (κ1) is 17.2. The third-order valence-corrected chi connectivity index (χ3v) is 4.00. The van der Waals surface area contributed by atoms with Gasteiger partial charge in [0.15, 0.2) is 17.3 Å². The first-order valence-corrected chi connectivity index (χ1v) is 8.49. The van der Waals surface area contributed by atoms with Crippen LogP contribution in [0.4, 0.5) is 5.95 Å². The Labute approximate surface area is 159 Å². The van der Waals surface area contributed by atoms with E-state index in [1.54, 1.807) is 38.2 Å². The summed E-state index contributed by atoms with van der Waals surface area (Å²) in [6.45, 7) is 3.45. The number of ether oxygens (including phenoxy) is 2. The van der Waals surface area contributed by atoms with Gasteiger partial charge < -0.3 is 9.47 Å². The van der Waals surface area contributed by atoms with Crippen molar-refractivity contribution >= 4 is 23.5 Å². The zero-order chi connectivity index (χ0) is 19.0. The molecule has 0 saturated carbocycles. The van der Waals surface area contributed by atoms with Gasteiger partial charge in [-0.3, -0.25) is 15.1 Å². The number of halogens is 1. The Hall–Kier alpha value is -3.26. The molecule has 0 fully saturated rings. The minimum atomic E-state index is -0.456. The molecule has 0 aliphatic carbocycles. The van der Waals surface area contributed by atoms with Crippen molar-refractivity contribution in [3.8, 4) is 23.0 Å². The van der Waals surface area contributed by atoms with Crippen LogP contribution in [0.5, 0.6) is 11.5 Å². The summed E-state index contributed by atoms with van der Waals surface area (Å²) in [5.74, 6) is 1.36. The molecule has 1 aliphatic heterocycles. The maximum atomic E-state index is 12.6. The topological polar surface area (TPSA) is 99.1 Å². The van der Waals surface area contributed by atoms with E-state index in [1.807, 2.05) is 6.07 Å². The second-order valence-corrected chi connectivity index (χ2v) is 6.19. The van der Waals surface area contributed by atoms with Crippen LogP contribution in [0.2, 0.25) is 5.02 Å². The van der Waals surface area contributed by atoms with Crippen LogP contribution in [0.3, 0.4) is 0 Å². The number of carbonyl (C=O) groups excluding carboxylic acids is 1. The molecule has 27 heavy (non-hydrogen) atoms. The molecule has 9 heteroatoms. The van der Waals surface area contributed by atoms with Gasteiger partial charge in [0.05, 0.1) is 5.02 Å². The van der Waals surface area contributed by atoms with Gasteiger partial charge in [-0.25, -0.2) is 4.98 Å². The monoisotopic (exact) mass is 383 g/mol. The van der Waals surface area contributed by atoms with E-state index in [-0.39, 0.29) is 5.95 Å². The van der Waals surface area contributed by atoms with Gasteiger partial charge in [-0.15, -0.1) is 0 Å². The zero-order valence-electron chi connectivity index (χ0n) is 14.4. The normalized spacial score (nSPS) is 14.9. The van der Waals surface area contributed by atoms with Crippen LogP contribution in [-0.4, -0.2) is 32.1 Å². The summed E-state index contributed by atoms with van der Waals surface area (Å²) in [4.78, 5) is 29.5. The van der Waals surface area contributed by atoms with Gasteiger partial charge in [0, 0.05) is 18.7 Å². The molecule has 2 aromatic heterocycles. The van der Waals surface area contributed by atoms with E-state index >= 15 is 0 Å². The lowest BCUT2D eigenvalue weighted by Crippen LogP contribution is -2.15. The van der Waals surface area contributed by atoms with E-state index in [0.29, 0.717) is 39.4 Å². The molecule has 1 N–H and O–H groups in total. The SMILES string of the molecule is Cc1nc(NC(=O)c2cc(Cl)c3c(c2)OC(C)O3)nc(-c2ccccn2)n1. The molecule has 1 amide bonds. The molecule has 3 aromatic rings. The third kappa shape index (κ3) is 3.52. The molecular weight excluding hydrogens is 370 g/mol. The number of nitrogens with zero attached hydrogens (tertiary/aromatic N) is 4. The highest BCUT2D eigenvalue weighted by atomic mass is 35.5. The molecule has 1 aromatic carbocycles. The highest BCUT2D eigenvalue weighted by molar-refractivity contribution is 6.32. The van der Waals surface area contributed by atoms with Crippen LogP contribution in [0.15, 0.2) is 36.5 Å². The van der Waals surface area contributed by atoms with Crippen molar-refractivity contribution < 1.29 is 14.3 Å². The van der Waals surface area contributed by atoms with E-state index in [9.17, 15) is 4.79 Å². The van der Waals surface area contributed by atoms with Crippen molar-refractivity contribution in [2.75, 3.05) is 5.32 Å². The number of benzene rings is 1. The number of anilines is 1. The lowest BCUT2D eigenvalue weighted by atomic mass is 10.2. The second kappa shape index (κ2) is 6.81. The Bertz CT molecular complexity index is 1030. The Morgan fingerprint density at radius 3 is 2.81 bits per heavy atom. The molecule has 0 bridgehead atoms. The fourth-order valence-corrected chi connectivity index (χ4v) is 2.85. The first-order chi connectivity index (χ1) is 13.0. The number of nitrogens with one attached hydrogen (secondary N) is 1. The van der Waals surface area contributed by atoms with E-state index in [4.69, 9.17) is 21.1 Å². The maximum Gasteiger partial charge on any atom is 0.258 e. The summed E-state index contributed by atoms with van der Waals surface area (Å²) in [7, 11) is 0. The van der Waals surface area contributed by atoms with Crippen molar-refractivity contribution in [2.45, 2.75) is 20.1 Å². The number of hydrogen-bond acceptors (Lipinski definition) is 7. The largest absolute Gasteiger partial charge is 0.451 e. The number of amides is 1. The number of rotatable bonds is 3.